The molecule has 0 saturated carbocycles. The van der Waals surface area contributed by atoms with Gasteiger partial charge in [0, 0.05) is 6.42 Å². The molecule has 1 aromatic carbocycles. The highest BCUT2D eigenvalue weighted by Crippen LogP contribution is 2.32. The van der Waals surface area contributed by atoms with Crippen molar-refractivity contribution in [3.63, 3.8) is 0 Å². The van der Waals surface area contributed by atoms with Crippen LogP contribution in [-0.4, -0.2) is 23.2 Å². The van der Waals surface area contributed by atoms with Crippen LogP contribution in [0.2, 0.25) is 0 Å². The summed E-state index contributed by atoms with van der Waals surface area (Å²) in [7, 11) is 0. The molecule has 0 aliphatic carbocycles. The van der Waals surface area contributed by atoms with Gasteiger partial charge in [0.05, 0.1) is 6.61 Å². The summed E-state index contributed by atoms with van der Waals surface area (Å²) in [6.45, 7) is 10.1. The van der Waals surface area contributed by atoms with Gasteiger partial charge in [0.2, 0.25) is 0 Å². The first kappa shape index (κ1) is 16.5. The fourth-order valence-electron chi connectivity index (χ4n) is 1.85. The molecule has 1 rings (SSSR count). The number of aliphatic carboxylic acids is 1. The minimum atomic E-state index is -1.26. The van der Waals surface area contributed by atoms with Gasteiger partial charge in [-0.1, -0.05) is 32.9 Å². The highest BCUT2D eigenvalue weighted by molar-refractivity contribution is 5.77. The van der Waals surface area contributed by atoms with E-state index in [9.17, 15) is 4.79 Å². The smallest absolute Gasteiger partial charge is 0.323 e. The predicted octanol–water partition coefficient (Wildman–Crippen LogP) is 2.86. The molecule has 0 spiro atoms. The number of carboxylic acid groups (broad SMARTS) is 1. The Bertz CT molecular complexity index is 487. The molecular weight excluding hydrogens is 254 g/mol. The number of aryl methyl sites for hydroxylation is 1. The standard InChI is InChI=1S/C16H25NO3/c1-11-6-7-12(15(2,3)4)13(10-11)20-9-8-16(5,17)14(18)19/h6-7,10H,8-9,17H2,1-5H3,(H,18,19). The lowest BCUT2D eigenvalue weighted by Crippen LogP contribution is -2.45. The second-order valence-corrected chi connectivity index (χ2v) is 6.57. The molecule has 0 aliphatic heterocycles. The highest BCUT2D eigenvalue weighted by Gasteiger charge is 2.28. The molecule has 0 aliphatic rings. The molecule has 4 heteroatoms. The van der Waals surface area contributed by atoms with E-state index in [1.165, 1.54) is 6.92 Å². The summed E-state index contributed by atoms with van der Waals surface area (Å²) >= 11 is 0. The maximum atomic E-state index is 11.0. The Hall–Kier alpha value is -1.55. The molecule has 0 radical (unpaired) electrons. The SMILES string of the molecule is Cc1ccc(C(C)(C)C)c(OCCC(C)(N)C(=O)O)c1. The lowest BCUT2D eigenvalue weighted by Gasteiger charge is -2.24. The summed E-state index contributed by atoms with van der Waals surface area (Å²) in [6, 6.07) is 6.09. The van der Waals surface area contributed by atoms with Gasteiger partial charge < -0.3 is 15.6 Å². The Balaban J connectivity index is 2.83. The Labute approximate surface area is 120 Å². The first-order valence-corrected chi connectivity index (χ1v) is 6.80. The molecule has 20 heavy (non-hydrogen) atoms. The van der Waals surface area contributed by atoms with Crippen LogP contribution in [0.4, 0.5) is 0 Å². The molecule has 112 valence electrons. The zero-order chi connectivity index (χ0) is 15.6. The first-order chi connectivity index (χ1) is 9.04. The second kappa shape index (κ2) is 5.83. The Morgan fingerprint density at radius 2 is 1.90 bits per heavy atom. The van der Waals surface area contributed by atoms with E-state index in [2.05, 4.69) is 32.9 Å². The summed E-state index contributed by atoms with van der Waals surface area (Å²) in [6.07, 6.45) is 0.264. The second-order valence-electron chi connectivity index (χ2n) is 6.57. The number of carbonyl (C=O) groups is 1. The number of rotatable bonds is 5. The predicted molar refractivity (Wildman–Crippen MR) is 80.2 cm³/mol. The van der Waals surface area contributed by atoms with Gasteiger partial charge in [-0.05, 0) is 36.5 Å². The number of hydrogen-bond donors (Lipinski definition) is 2. The molecule has 1 aromatic rings. The molecule has 3 N–H and O–H groups in total. The molecule has 0 heterocycles. The average Bonchev–Trinajstić information content (AvgIpc) is 2.26. The van der Waals surface area contributed by atoms with Gasteiger partial charge in [0.15, 0.2) is 0 Å². The van der Waals surface area contributed by atoms with Crippen molar-refractivity contribution < 1.29 is 14.6 Å². The van der Waals surface area contributed by atoms with E-state index in [0.29, 0.717) is 0 Å². The van der Waals surface area contributed by atoms with Crippen LogP contribution in [0.15, 0.2) is 18.2 Å². The van der Waals surface area contributed by atoms with Crippen LogP contribution in [0.1, 0.15) is 45.2 Å². The van der Waals surface area contributed by atoms with E-state index in [1.807, 2.05) is 13.0 Å². The van der Waals surface area contributed by atoms with Crippen molar-refractivity contribution in [1.82, 2.24) is 0 Å². The van der Waals surface area contributed by atoms with E-state index in [-0.39, 0.29) is 18.4 Å². The van der Waals surface area contributed by atoms with E-state index in [4.69, 9.17) is 15.6 Å². The molecule has 1 unspecified atom stereocenters. The van der Waals surface area contributed by atoms with Gasteiger partial charge in [0.25, 0.3) is 0 Å². The normalized spacial score (nSPS) is 14.7. The molecular formula is C16H25NO3. The molecule has 0 bridgehead atoms. The van der Waals surface area contributed by atoms with Crippen LogP contribution in [-0.2, 0) is 10.2 Å². The van der Waals surface area contributed by atoms with E-state index >= 15 is 0 Å². The highest BCUT2D eigenvalue weighted by atomic mass is 16.5. The maximum Gasteiger partial charge on any atom is 0.323 e. The molecule has 0 saturated heterocycles. The van der Waals surface area contributed by atoms with Gasteiger partial charge in [-0.15, -0.1) is 0 Å². The first-order valence-electron chi connectivity index (χ1n) is 6.80. The summed E-state index contributed by atoms with van der Waals surface area (Å²) in [5.74, 6) is -0.208. The van der Waals surface area contributed by atoms with Crippen molar-refractivity contribution in [3.8, 4) is 5.75 Å². The third-order valence-electron chi connectivity index (χ3n) is 3.31. The van der Waals surface area contributed by atoms with Crippen molar-refractivity contribution in [2.24, 2.45) is 5.73 Å². The topological polar surface area (TPSA) is 72.5 Å². The van der Waals surface area contributed by atoms with Crippen molar-refractivity contribution in [2.75, 3.05) is 6.61 Å². The largest absolute Gasteiger partial charge is 0.493 e. The van der Waals surface area contributed by atoms with E-state index in [1.54, 1.807) is 0 Å². The Kier molecular flexibility index (Phi) is 4.81. The molecule has 4 nitrogen and oxygen atoms in total. The number of nitrogens with two attached hydrogens (primary N) is 1. The summed E-state index contributed by atoms with van der Waals surface area (Å²) in [5.41, 5.74) is 6.63. The van der Waals surface area contributed by atoms with Crippen LogP contribution in [0, 0.1) is 6.92 Å². The van der Waals surface area contributed by atoms with Crippen LogP contribution in [0.5, 0.6) is 5.75 Å². The molecule has 0 amide bonds. The maximum absolute atomic E-state index is 11.0. The van der Waals surface area contributed by atoms with Gasteiger partial charge in [0.1, 0.15) is 11.3 Å². The fourth-order valence-corrected chi connectivity index (χ4v) is 1.85. The van der Waals surface area contributed by atoms with Gasteiger partial charge in [-0.3, -0.25) is 4.79 Å². The van der Waals surface area contributed by atoms with Gasteiger partial charge in [-0.2, -0.15) is 0 Å². The Morgan fingerprint density at radius 3 is 2.40 bits per heavy atom. The van der Waals surface area contributed by atoms with Gasteiger partial charge in [-0.25, -0.2) is 0 Å². The monoisotopic (exact) mass is 279 g/mol. The minimum absolute atomic E-state index is 0.0259. The van der Waals surface area contributed by atoms with E-state index < -0.39 is 11.5 Å². The fraction of sp³-hybridized carbons (Fsp3) is 0.562. The van der Waals surface area contributed by atoms with Crippen molar-refractivity contribution in [3.05, 3.63) is 29.3 Å². The number of benzene rings is 1. The quantitative estimate of drug-likeness (QED) is 0.869. The van der Waals surface area contributed by atoms with Crippen LogP contribution < -0.4 is 10.5 Å². The van der Waals surface area contributed by atoms with Crippen LogP contribution in [0.3, 0.4) is 0 Å². The number of carboxylic acids is 1. The molecule has 1 atom stereocenters. The van der Waals surface area contributed by atoms with Gasteiger partial charge >= 0.3 is 5.97 Å². The van der Waals surface area contributed by atoms with Crippen molar-refractivity contribution >= 4 is 5.97 Å². The van der Waals surface area contributed by atoms with Crippen molar-refractivity contribution in [1.29, 1.82) is 0 Å². The summed E-state index contributed by atoms with van der Waals surface area (Å²) in [5, 5.41) is 8.99. The number of ether oxygens (including phenoxy) is 1. The Morgan fingerprint density at radius 1 is 1.30 bits per heavy atom. The zero-order valence-electron chi connectivity index (χ0n) is 13.0. The lowest BCUT2D eigenvalue weighted by molar-refractivity contribution is -0.143. The average molecular weight is 279 g/mol. The third kappa shape index (κ3) is 4.23. The third-order valence-corrected chi connectivity index (χ3v) is 3.31. The minimum Gasteiger partial charge on any atom is -0.493 e. The summed E-state index contributed by atoms with van der Waals surface area (Å²) < 4.78 is 5.79. The van der Waals surface area contributed by atoms with E-state index in [0.717, 1.165) is 16.9 Å². The summed E-state index contributed by atoms with van der Waals surface area (Å²) in [4.78, 5) is 11.0. The van der Waals surface area contributed by atoms with Crippen molar-refractivity contribution in [2.45, 2.75) is 52.0 Å². The van der Waals surface area contributed by atoms with Crippen LogP contribution >= 0.6 is 0 Å². The zero-order valence-corrected chi connectivity index (χ0v) is 13.0. The molecule has 0 aromatic heterocycles. The number of hydrogen-bond acceptors (Lipinski definition) is 3. The molecule has 0 fully saturated rings. The lowest BCUT2D eigenvalue weighted by atomic mass is 9.86. The van der Waals surface area contributed by atoms with Crippen LogP contribution in [0.25, 0.3) is 0 Å².